The molecule has 4 saturated heterocycles. The van der Waals surface area contributed by atoms with Crippen LogP contribution in [0.2, 0.25) is 0 Å². The zero-order valence-corrected chi connectivity index (χ0v) is 47.7. The molecule has 0 radical (unpaired) electrons. The second kappa shape index (κ2) is 24.1. The number of likely N-dealkylation sites (tertiary alicyclic amines) is 1. The van der Waals surface area contributed by atoms with Crippen molar-refractivity contribution in [1.29, 1.82) is 0 Å². The molecule has 0 spiro atoms. The molecular weight excluding hydrogens is 1020 g/mol. The van der Waals surface area contributed by atoms with Crippen molar-refractivity contribution in [3.63, 3.8) is 0 Å². The number of benzene rings is 1. The van der Waals surface area contributed by atoms with Crippen LogP contribution in [-0.4, -0.2) is 187 Å². The van der Waals surface area contributed by atoms with E-state index in [0.29, 0.717) is 99.5 Å². The van der Waals surface area contributed by atoms with Crippen molar-refractivity contribution in [1.82, 2.24) is 40.0 Å². The number of rotatable bonds is 11. The Labute approximate surface area is 463 Å². The van der Waals surface area contributed by atoms with Gasteiger partial charge in [-0.3, -0.25) is 29.3 Å². The van der Waals surface area contributed by atoms with Gasteiger partial charge in [-0.1, -0.05) is 26.7 Å². The largest absolute Gasteiger partial charge is 0.464 e. The summed E-state index contributed by atoms with van der Waals surface area (Å²) in [7, 11) is 2.05. The van der Waals surface area contributed by atoms with Gasteiger partial charge in [-0.2, -0.15) is 13.2 Å². The van der Waals surface area contributed by atoms with Crippen LogP contribution in [0.4, 0.5) is 29.3 Å². The summed E-state index contributed by atoms with van der Waals surface area (Å²) < 4.78 is 64.8. The molecule has 0 unspecified atom stereocenters. The maximum Gasteiger partial charge on any atom is 0.410 e. The number of esters is 1. The van der Waals surface area contributed by atoms with Crippen LogP contribution in [0.1, 0.15) is 117 Å². The van der Waals surface area contributed by atoms with E-state index >= 15 is 22.8 Å². The third kappa shape index (κ3) is 13.9. The third-order valence-electron chi connectivity index (χ3n) is 16.9. The molecule has 6 atom stereocenters. The van der Waals surface area contributed by atoms with Gasteiger partial charge >= 0.3 is 18.2 Å². The summed E-state index contributed by atoms with van der Waals surface area (Å²) in [5, 5.41) is 16.6. The van der Waals surface area contributed by atoms with Crippen LogP contribution in [0, 0.1) is 17.3 Å². The number of ether oxygens (including phenoxy) is 3. The molecular formula is C58H85F3N10O8. The van der Waals surface area contributed by atoms with Crippen molar-refractivity contribution in [3.05, 3.63) is 41.7 Å². The maximum absolute atomic E-state index is 15.1. The normalized spacial score (nSPS) is 25.0. The van der Waals surface area contributed by atoms with Crippen LogP contribution in [-0.2, 0) is 41.6 Å². The summed E-state index contributed by atoms with van der Waals surface area (Å²) >= 11 is 0. The average molecular weight is 1110 g/mol. The number of cyclic esters (lactones) is 1. The number of amides is 3. The fraction of sp³-hybridized carbons (Fsp3) is 0.707. The number of hydrogen-bond acceptors (Lipinski definition) is 14. The Bertz CT molecular complexity index is 2660. The highest BCUT2D eigenvalue weighted by molar-refractivity contribution is 5.95. The molecule has 9 rings (SSSR count). The summed E-state index contributed by atoms with van der Waals surface area (Å²) in [6.07, 6.45) is 0.758. The first kappa shape index (κ1) is 58.4. The predicted octanol–water partition coefficient (Wildman–Crippen LogP) is 6.91. The van der Waals surface area contributed by atoms with Gasteiger partial charge < -0.3 is 48.8 Å². The molecule has 5 aliphatic heterocycles. The highest BCUT2D eigenvalue weighted by Gasteiger charge is 2.44. The number of carbonyl (C=O) groups is 4. The first-order chi connectivity index (χ1) is 37.4. The number of aromatic nitrogens is 2. The Morgan fingerprint density at radius 2 is 1.71 bits per heavy atom. The summed E-state index contributed by atoms with van der Waals surface area (Å²) in [5.74, 6) is -1.01. The fourth-order valence-electron chi connectivity index (χ4n) is 12.9. The number of alkyl halides is 3. The van der Waals surface area contributed by atoms with E-state index in [1.165, 1.54) is 9.58 Å². The summed E-state index contributed by atoms with van der Waals surface area (Å²) in [4.78, 5) is 72.7. The molecule has 18 nitrogen and oxygen atoms in total. The lowest BCUT2D eigenvalue weighted by Gasteiger charge is -2.39. The molecule has 6 bridgehead atoms. The van der Waals surface area contributed by atoms with Crippen molar-refractivity contribution in [3.8, 4) is 11.3 Å². The average Bonchev–Trinajstić information content (AvgIpc) is 4.35. The van der Waals surface area contributed by atoms with Crippen LogP contribution in [0.3, 0.4) is 0 Å². The van der Waals surface area contributed by atoms with E-state index in [9.17, 15) is 14.7 Å². The van der Waals surface area contributed by atoms with E-state index in [2.05, 4.69) is 30.3 Å². The van der Waals surface area contributed by atoms with E-state index in [1.54, 1.807) is 24.1 Å². The number of hydrazine groups is 1. The number of carbonyl (C=O) groups excluding carboxylic acids is 4. The zero-order valence-electron chi connectivity index (χ0n) is 47.7. The molecule has 3 amide bonds. The Kier molecular flexibility index (Phi) is 17.8. The molecule has 79 heavy (non-hydrogen) atoms. The van der Waals surface area contributed by atoms with Gasteiger partial charge in [0.2, 0.25) is 5.91 Å². The van der Waals surface area contributed by atoms with E-state index in [1.807, 2.05) is 66.8 Å². The molecule has 436 valence electrons. The molecule has 3 aromatic rings. The highest BCUT2D eigenvalue weighted by atomic mass is 19.4. The number of piperazine rings is 1. The monoisotopic (exact) mass is 1110 g/mol. The number of nitrogens with zero attached hydrogens (tertiary/aromatic N) is 8. The van der Waals surface area contributed by atoms with Crippen molar-refractivity contribution in [2.45, 2.75) is 155 Å². The van der Waals surface area contributed by atoms with Gasteiger partial charge in [0.25, 0.3) is 5.91 Å². The number of nitrogens with one attached hydrogen (secondary N) is 2. The number of morpholine rings is 1. The first-order valence-corrected chi connectivity index (χ1v) is 28.9. The summed E-state index contributed by atoms with van der Waals surface area (Å²) in [5.41, 5.74) is 5.10. The number of halogens is 3. The standard InChI is InChI=1S/C58H85F3N10O8/c1-9-66(55(76)79-56(3,4)5)32-38-18-20-69(33-38)50(39-13-10-11-14-39)52(73)63-47-29-42-34-68(25-26-77-42)40-16-17-48-43(27-40)45(30-57(6,7)36-78-54(75)46-15-12-19-71(64-46)53(47)74)51(70(48)35-58(59,60)61)44-28-41(31-62-49(44)37(2)72)67-23-21-65(8)22-24-67/h16-17,27-28,31,37-39,42,46-47,50,64,72H,9-15,18-26,29-30,32-36H2,1-8H3,(H,63,73)/t37-,38-,42-,46-,47-,50-/m0/s1. The number of aliphatic hydroxyl groups is 1. The van der Waals surface area contributed by atoms with Crippen molar-refractivity contribution in [2.75, 3.05) is 102 Å². The van der Waals surface area contributed by atoms with Gasteiger partial charge in [-0.05, 0) is 128 Å². The van der Waals surface area contributed by atoms with E-state index in [0.717, 1.165) is 56.6 Å². The lowest BCUT2D eigenvalue weighted by atomic mass is 9.84. The van der Waals surface area contributed by atoms with Gasteiger partial charge in [0, 0.05) is 99.4 Å². The predicted molar refractivity (Wildman–Crippen MR) is 295 cm³/mol. The lowest BCUT2D eigenvalue weighted by molar-refractivity contribution is -0.156. The lowest BCUT2D eigenvalue weighted by Crippen LogP contribution is -2.62. The SMILES string of the molecule is CCN(C[C@@H]1CCN([C@H](C(=O)N[C@H]2C[C@H]3CN(CCO3)c3ccc4c(c3)c(c(-c3cc(N5CCN(C)CC5)cnc3[C@H](C)O)n4CC(F)(F)F)CC(C)(C)COC(=O)[C@@H]3CCCN(N3)C2=O)C2CCCC2)C1)C(=O)OC(C)(C)C. The Morgan fingerprint density at radius 1 is 0.962 bits per heavy atom. The van der Waals surface area contributed by atoms with Gasteiger partial charge in [0.1, 0.15) is 24.2 Å². The zero-order chi connectivity index (χ0) is 56.6. The molecule has 1 saturated carbocycles. The van der Waals surface area contributed by atoms with Crippen LogP contribution < -0.4 is 20.5 Å². The number of aliphatic hydroxyl groups excluding tert-OH is 1. The number of likely N-dealkylation sites (N-methyl/N-ethyl adjacent to an activating group) is 1. The minimum absolute atomic E-state index is 0.0706. The molecule has 5 fully saturated rings. The van der Waals surface area contributed by atoms with Crippen LogP contribution in [0.5, 0.6) is 0 Å². The smallest absolute Gasteiger partial charge is 0.410 e. The highest BCUT2D eigenvalue weighted by Crippen LogP contribution is 2.44. The van der Waals surface area contributed by atoms with Crippen molar-refractivity contribution >= 4 is 46.2 Å². The molecule has 1 aliphatic carbocycles. The molecule has 6 aliphatic rings. The van der Waals surface area contributed by atoms with E-state index in [-0.39, 0.29) is 61.5 Å². The summed E-state index contributed by atoms with van der Waals surface area (Å²) in [6.45, 7) is 18.1. The molecule has 21 heteroatoms. The van der Waals surface area contributed by atoms with Crippen LogP contribution in [0.25, 0.3) is 22.2 Å². The molecule has 2 aromatic heterocycles. The second-order valence-corrected chi connectivity index (χ2v) is 25.0. The topological polar surface area (TPSA) is 178 Å². The van der Waals surface area contributed by atoms with Gasteiger partial charge in [0.15, 0.2) is 0 Å². The first-order valence-electron chi connectivity index (χ1n) is 28.9. The van der Waals surface area contributed by atoms with Crippen LogP contribution >= 0.6 is 0 Å². The van der Waals surface area contributed by atoms with Crippen molar-refractivity contribution in [2.24, 2.45) is 17.3 Å². The van der Waals surface area contributed by atoms with Crippen LogP contribution in [0.15, 0.2) is 30.5 Å². The second-order valence-electron chi connectivity index (χ2n) is 25.0. The van der Waals surface area contributed by atoms with Gasteiger partial charge in [-0.25, -0.2) is 10.2 Å². The number of fused-ring (bicyclic) bond motifs is 6. The molecule has 3 N–H and O–H groups in total. The third-order valence-corrected chi connectivity index (χ3v) is 16.9. The van der Waals surface area contributed by atoms with E-state index in [4.69, 9.17) is 19.2 Å². The van der Waals surface area contributed by atoms with Gasteiger partial charge in [-0.15, -0.1) is 0 Å². The van der Waals surface area contributed by atoms with Gasteiger partial charge in [0.05, 0.1) is 54.7 Å². The maximum atomic E-state index is 15.1. The molecule has 7 heterocycles. The Balaban J connectivity index is 1.07. The number of anilines is 2. The minimum Gasteiger partial charge on any atom is -0.464 e. The van der Waals surface area contributed by atoms with E-state index < -0.39 is 60.0 Å². The molecule has 1 aromatic carbocycles. The summed E-state index contributed by atoms with van der Waals surface area (Å²) in [6, 6.07) is 4.92. The Hall–Kier alpha value is -5.22. The number of pyridine rings is 1. The minimum atomic E-state index is -4.63. The Morgan fingerprint density at radius 3 is 2.41 bits per heavy atom. The fourth-order valence-corrected chi connectivity index (χ4v) is 12.9. The van der Waals surface area contributed by atoms with Crippen molar-refractivity contribution < 1.29 is 51.7 Å². The number of hydrogen-bond donors (Lipinski definition) is 3. The quantitative estimate of drug-likeness (QED) is 0.169.